The predicted molar refractivity (Wildman–Crippen MR) is 113 cm³/mol. The molecule has 0 aliphatic carbocycles. The Hall–Kier alpha value is -2.87. The molecule has 3 heterocycles. The highest BCUT2D eigenvalue weighted by Crippen LogP contribution is 2.21. The molecule has 8 nitrogen and oxygen atoms in total. The number of hydrogen-bond donors (Lipinski definition) is 0. The lowest BCUT2D eigenvalue weighted by atomic mass is 10.2. The molecule has 2 fully saturated rings. The molecule has 0 N–H and O–H groups in total. The van der Waals surface area contributed by atoms with Gasteiger partial charge in [0.1, 0.15) is 11.4 Å². The number of carbonyl (C=O) groups is 1. The van der Waals surface area contributed by atoms with E-state index in [9.17, 15) is 4.79 Å². The Bertz CT molecular complexity index is 827. The third-order valence-corrected chi connectivity index (χ3v) is 5.65. The normalized spacial score (nSPS) is 18.1. The van der Waals surface area contributed by atoms with Crippen LogP contribution in [0.25, 0.3) is 0 Å². The fraction of sp³-hybridized carbons (Fsp3) is 0.476. The molecule has 0 spiro atoms. The van der Waals surface area contributed by atoms with Crippen LogP contribution in [0.5, 0.6) is 5.75 Å². The van der Waals surface area contributed by atoms with Gasteiger partial charge in [-0.1, -0.05) is 0 Å². The molecule has 2 aromatic rings. The Labute approximate surface area is 171 Å². The molecule has 1 amide bonds. The SMILES string of the molecule is COc1ccc(N2CCN(c3nccc(C(=O)N4CCN(C)CC4)n3)CC2)cc1. The van der Waals surface area contributed by atoms with E-state index in [-0.39, 0.29) is 5.91 Å². The zero-order valence-electron chi connectivity index (χ0n) is 17.1. The largest absolute Gasteiger partial charge is 0.497 e. The lowest BCUT2D eigenvalue weighted by molar-refractivity contribution is 0.0658. The van der Waals surface area contributed by atoms with Gasteiger partial charge in [-0.25, -0.2) is 9.97 Å². The summed E-state index contributed by atoms with van der Waals surface area (Å²) in [5.74, 6) is 1.50. The second-order valence-corrected chi connectivity index (χ2v) is 7.51. The molecule has 1 aromatic heterocycles. The highest BCUT2D eigenvalue weighted by atomic mass is 16.5. The van der Waals surface area contributed by atoms with Crippen LogP contribution in [0.15, 0.2) is 36.5 Å². The van der Waals surface area contributed by atoms with Gasteiger partial charge in [0.05, 0.1) is 7.11 Å². The van der Waals surface area contributed by atoms with Gasteiger partial charge in [0.15, 0.2) is 0 Å². The predicted octanol–water partition coefficient (Wildman–Crippen LogP) is 1.20. The summed E-state index contributed by atoms with van der Waals surface area (Å²) >= 11 is 0. The molecule has 8 heteroatoms. The standard InChI is InChI=1S/C21H28N6O2/c1-24-9-11-26(12-10-24)20(28)19-7-8-22-21(23-19)27-15-13-25(14-16-27)17-3-5-18(29-2)6-4-17/h3-8H,9-16H2,1-2H3. The zero-order chi connectivity index (χ0) is 20.2. The minimum Gasteiger partial charge on any atom is -0.497 e. The van der Waals surface area contributed by atoms with Crippen molar-refractivity contribution in [1.29, 1.82) is 0 Å². The van der Waals surface area contributed by atoms with Gasteiger partial charge in [-0.05, 0) is 37.4 Å². The number of hydrogen-bond acceptors (Lipinski definition) is 7. The van der Waals surface area contributed by atoms with E-state index in [4.69, 9.17) is 4.74 Å². The van der Waals surface area contributed by atoms with Crippen molar-refractivity contribution < 1.29 is 9.53 Å². The number of rotatable bonds is 4. The second kappa shape index (κ2) is 8.65. The van der Waals surface area contributed by atoms with Crippen molar-refractivity contribution >= 4 is 17.5 Å². The number of benzene rings is 1. The number of ether oxygens (including phenoxy) is 1. The Morgan fingerprint density at radius 3 is 2.21 bits per heavy atom. The smallest absolute Gasteiger partial charge is 0.272 e. The van der Waals surface area contributed by atoms with Crippen molar-refractivity contribution in [2.24, 2.45) is 0 Å². The molecule has 0 bridgehead atoms. The molecule has 0 atom stereocenters. The van der Waals surface area contributed by atoms with Gasteiger partial charge in [-0.15, -0.1) is 0 Å². The lowest BCUT2D eigenvalue weighted by Gasteiger charge is -2.36. The number of nitrogens with zero attached hydrogens (tertiary/aromatic N) is 6. The van der Waals surface area contributed by atoms with Gasteiger partial charge in [0.2, 0.25) is 5.95 Å². The number of aromatic nitrogens is 2. The van der Waals surface area contributed by atoms with Crippen LogP contribution in [0.4, 0.5) is 11.6 Å². The fourth-order valence-electron chi connectivity index (χ4n) is 3.75. The van der Waals surface area contributed by atoms with E-state index in [0.29, 0.717) is 11.6 Å². The van der Waals surface area contributed by atoms with E-state index in [2.05, 4.69) is 43.8 Å². The summed E-state index contributed by atoms with van der Waals surface area (Å²) in [5, 5.41) is 0. The van der Waals surface area contributed by atoms with E-state index >= 15 is 0 Å². The van der Waals surface area contributed by atoms with E-state index in [0.717, 1.165) is 58.1 Å². The topological polar surface area (TPSA) is 65.0 Å². The monoisotopic (exact) mass is 396 g/mol. The van der Waals surface area contributed by atoms with Crippen molar-refractivity contribution in [3.05, 3.63) is 42.2 Å². The van der Waals surface area contributed by atoms with Crippen molar-refractivity contribution in [2.75, 3.05) is 76.3 Å². The Morgan fingerprint density at radius 1 is 0.897 bits per heavy atom. The number of piperazine rings is 2. The van der Waals surface area contributed by atoms with Crippen LogP contribution in [-0.2, 0) is 0 Å². The van der Waals surface area contributed by atoms with Crippen molar-refractivity contribution in [3.8, 4) is 5.75 Å². The molecule has 2 aliphatic rings. The second-order valence-electron chi connectivity index (χ2n) is 7.51. The summed E-state index contributed by atoms with van der Waals surface area (Å²) in [5.41, 5.74) is 1.67. The van der Waals surface area contributed by atoms with Crippen LogP contribution in [-0.4, -0.2) is 92.2 Å². The van der Waals surface area contributed by atoms with Gasteiger partial charge in [-0.2, -0.15) is 0 Å². The Kier molecular flexibility index (Phi) is 5.80. The molecule has 2 saturated heterocycles. The molecule has 154 valence electrons. The molecule has 2 aliphatic heterocycles. The van der Waals surface area contributed by atoms with Crippen LogP contribution in [0.1, 0.15) is 10.5 Å². The summed E-state index contributed by atoms with van der Waals surface area (Å²) in [4.78, 5) is 30.4. The van der Waals surface area contributed by atoms with Gasteiger partial charge >= 0.3 is 0 Å². The number of anilines is 2. The van der Waals surface area contributed by atoms with Gasteiger partial charge in [-0.3, -0.25) is 4.79 Å². The molecule has 0 unspecified atom stereocenters. The maximum atomic E-state index is 12.8. The van der Waals surface area contributed by atoms with Crippen LogP contribution < -0.4 is 14.5 Å². The van der Waals surface area contributed by atoms with Crippen LogP contribution in [0.2, 0.25) is 0 Å². The summed E-state index contributed by atoms with van der Waals surface area (Å²) in [6.07, 6.45) is 1.70. The summed E-state index contributed by atoms with van der Waals surface area (Å²) in [7, 11) is 3.76. The number of amides is 1. The maximum Gasteiger partial charge on any atom is 0.272 e. The van der Waals surface area contributed by atoms with E-state index in [1.807, 2.05) is 17.0 Å². The lowest BCUT2D eigenvalue weighted by Crippen LogP contribution is -2.48. The quantitative estimate of drug-likeness (QED) is 0.769. The maximum absolute atomic E-state index is 12.8. The third-order valence-electron chi connectivity index (χ3n) is 5.65. The van der Waals surface area contributed by atoms with Crippen molar-refractivity contribution in [2.45, 2.75) is 0 Å². The van der Waals surface area contributed by atoms with Gasteiger partial charge in [0.25, 0.3) is 5.91 Å². The molecule has 4 rings (SSSR count). The average Bonchev–Trinajstić information content (AvgIpc) is 2.79. The van der Waals surface area contributed by atoms with Crippen molar-refractivity contribution in [3.63, 3.8) is 0 Å². The van der Waals surface area contributed by atoms with Crippen LogP contribution in [0, 0.1) is 0 Å². The number of carbonyl (C=O) groups excluding carboxylic acids is 1. The third kappa shape index (κ3) is 4.42. The van der Waals surface area contributed by atoms with Crippen molar-refractivity contribution in [1.82, 2.24) is 19.8 Å². The van der Waals surface area contributed by atoms with Crippen LogP contribution >= 0.6 is 0 Å². The molecule has 29 heavy (non-hydrogen) atoms. The first-order valence-corrected chi connectivity index (χ1v) is 10.1. The molecule has 1 aromatic carbocycles. The minimum absolute atomic E-state index is 0.00128. The molecule has 0 radical (unpaired) electrons. The molecular formula is C21H28N6O2. The minimum atomic E-state index is -0.00128. The van der Waals surface area contributed by atoms with E-state index in [1.54, 1.807) is 19.4 Å². The fourth-order valence-corrected chi connectivity index (χ4v) is 3.75. The van der Waals surface area contributed by atoms with E-state index < -0.39 is 0 Å². The number of likely N-dealkylation sites (N-methyl/N-ethyl adjacent to an activating group) is 1. The van der Waals surface area contributed by atoms with Gasteiger partial charge in [0, 0.05) is 64.2 Å². The zero-order valence-corrected chi connectivity index (χ0v) is 17.1. The first-order valence-electron chi connectivity index (χ1n) is 10.1. The first kappa shape index (κ1) is 19.4. The highest BCUT2D eigenvalue weighted by Gasteiger charge is 2.24. The van der Waals surface area contributed by atoms with Gasteiger partial charge < -0.3 is 24.3 Å². The number of methoxy groups -OCH3 is 1. The Balaban J connectivity index is 1.38. The molecular weight excluding hydrogens is 368 g/mol. The Morgan fingerprint density at radius 2 is 1.55 bits per heavy atom. The summed E-state index contributed by atoms with van der Waals surface area (Å²) < 4.78 is 5.23. The van der Waals surface area contributed by atoms with Crippen LogP contribution in [0.3, 0.4) is 0 Å². The first-order chi connectivity index (χ1) is 14.1. The summed E-state index contributed by atoms with van der Waals surface area (Å²) in [6.45, 7) is 6.69. The summed E-state index contributed by atoms with van der Waals surface area (Å²) in [6, 6.07) is 9.86. The molecule has 0 saturated carbocycles. The van der Waals surface area contributed by atoms with E-state index in [1.165, 1.54) is 5.69 Å². The average molecular weight is 396 g/mol. The highest BCUT2D eigenvalue weighted by molar-refractivity contribution is 5.92.